The summed E-state index contributed by atoms with van der Waals surface area (Å²) in [5, 5.41) is 5.14. The Balaban J connectivity index is 3.57. The zero-order valence-electron chi connectivity index (χ0n) is 16.1. The number of rotatable bonds is 12. The molecule has 0 saturated carbocycles. The summed E-state index contributed by atoms with van der Waals surface area (Å²) >= 11 is 0. The molecule has 0 aromatic carbocycles. The van der Waals surface area contributed by atoms with Crippen molar-refractivity contribution in [3.63, 3.8) is 0 Å². The summed E-state index contributed by atoms with van der Waals surface area (Å²) in [6.45, 7) is 9.19. The lowest BCUT2D eigenvalue weighted by Crippen LogP contribution is -2.33. The maximum absolute atomic E-state index is 11.6. The number of nitrogens with one attached hydrogen (secondary N) is 2. The molecule has 0 rings (SSSR count). The lowest BCUT2D eigenvalue weighted by atomic mass is 9.99. The van der Waals surface area contributed by atoms with Crippen LogP contribution < -0.4 is 10.6 Å². The van der Waals surface area contributed by atoms with Gasteiger partial charge in [-0.2, -0.15) is 0 Å². The first-order valence-corrected chi connectivity index (χ1v) is 9.07. The molecule has 2 N–H and O–H groups in total. The van der Waals surface area contributed by atoms with E-state index in [4.69, 9.17) is 9.47 Å². The summed E-state index contributed by atoms with van der Waals surface area (Å²) in [7, 11) is 0. The molecule has 0 unspecified atom stereocenters. The highest BCUT2D eigenvalue weighted by Gasteiger charge is 2.13. The number of hydrogen-bond acceptors (Lipinski definition) is 5. The zero-order chi connectivity index (χ0) is 19.1. The van der Waals surface area contributed by atoms with Crippen LogP contribution in [0.1, 0.15) is 66.2 Å². The third-order valence-electron chi connectivity index (χ3n) is 3.17. The van der Waals surface area contributed by atoms with Gasteiger partial charge >= 0.3 is 12.1 Å². The number of carbonyl (C=O) groups excluding carboxylic acids is 3. The first-order valence-electron chi connectivity index (χ1n) is 9.07. The van der Waals surface area contributed by atoms with Crippen molar-refractivity contribution in [1.29, 1.82) is 0 Å². The monoisotopic (exact) mass is 358 g/mol. The van der Waals surface area contributed by atoms with Crippen molar-refractivity contribution in [3.05, 3.63) is 0 Å². The Morgan fingerprint density at radius 3 is 2.20 bits per heavy atom. The largest absolute Gasteiger partial charge is 0.466 e. The highest BCUT2D eigenvalue weighted by molar-refractivity contribution is 5.77. The minimum atomic E-state index is -0.533. The van der Waals surface area contributed by atoms with Crippen molar-refractivity contribution in [1.82, 2.24) is 10.6 Å². The van der Waals surface area contributed by atoms with Crippen LogP contribution in [0.4, 0.5) is 4.79 Å². The van der Waals surface area contributed by atoms with Crippen molar-refractivity contribution in [2.45, 2.75) is 66.2 Å². The first kappa shape index (κ1) is 23.2. The van der Waals surface area contributed by atoms with Crippen LogP contribution in [0.15, 0.2) is 0 Å². The molecule has 0 aromatic heterocycles. The molecule has 7 nitrogen and oxygen atoms in total. The van der Waals surface area contributed by atoms with Crippen LogP contribution in [0.5, 0.6) is 0 Å². The van der Waals surface area contributed by atoms with E-state index < -0.39 is 6.09 Å². The van der Waals surface area contributed by atoms with Gasteiger partial charge in [-0.1, -0.05) is 47.0 Å². The third-order valence-corrected chi connectivity index (χ3v) is 3.17. The van der Waals surface area contributed by atoms with Gasteiger partial charge in [-0.05, 0) is 11.8 Å². The van der Waals surface area contributed by atoms with Gasteiger partial charge < -0.3 is 20.1 Å². The predicted octanol–water partition coefficient (Wildman–Crippen LogP) is 2.78. The minimum absolute atomic E-state index is 0.0979. The summed E-state index contributed by atoms with van der Waals surface area (Å²) in [5.41, 5.74) is -0.0979. The van der Waals surface area contributed by atoms with Gasteiger partial charge in [0.25, 0.3) is 0 Å². The van der Waals surface area contributed by atoms with Gasteiger partial charge in [0, 0.05) is 19.5 Å². The van der Waals surface area contributed by atoms with Crippen LogP contribution in [0.25, 0.3) is 0 Å². The lowest BCUT2D eigenvalue weighted by Gasteiger charge is -2.17. The Labute approximate surface area is 151 Å². The molecule has 7 heteroatoms. The van der Waals surface area contributed by atoms with Gasteiger partial charge in [0.15, 0.2) is 0 Å². The maximum atomic E-state index is 11.6. The molecule has 25 heavy (non-hydrogen) atoms. The van der Waals surface area contributed by atoms with E-state index in [1.54, 1.807) is 0 Å². The first-order chi connectivity index (χ1) is 11.7. The quantitative estimate of drug-likeness (QED) is 0.413. The molecule has 0 saturated heterocycles. The predicted molar refractivity (Wildman–Crippen MR) is 96.2 cm³/mol. The van der Waals surface area contributed by atoms with Crippen molar-refractivity contribution in [2.75, 3.05) is 26.3 Å². The highest BCUT2D eigenvalue weighted by atomic mass is 16.5. The molecular weight excluding hydrogens is 324 g/mol. The van der Waals surface area contributed by atoms with Crippen LogP contribution in [0.2, 0.25) is 0 Å². The number of hydrogen-bond donors (Lipinski definition) is 2. The number of unbranched alkanes of at least 4 members (excludes halogenated alkanes) is 3. The van der Waals surface area contributed by atoms with Gasteiger partial charge in [-0.25, -0.2) is 4.79 Å². The van der Waals surface area contributed by atoms with Gasteiger partial charge in [0.05, 0.1) is 19.6 Å². The summed E-state index contributed by atoms with van der Waals surface area (Å²) in [4.78, 5) is 34.5. The molecular formula is C18H34N2O5. The van der Waals surface area contributed by atoms with Crippen molar-refractivity contribution in [3.8, 4) is 0 Å². The van der Waals surface area contributed by atoms with E-state index in [1.165, 1.54) is 0 Å². The molecule has 146 valence electrons. The smallest absolute Gasteiger partial charge is 0.407 e. The molecule has 0 aliphatic rings. The van der Waals surface area contributed by atoms with E-state index >= 15 is 0 Å². The lowest BCUT2D eigenvalue weighted by molar-refractivity contribution is -0.143. The Kier molecular flexibility index (Phi) is 12.5. The molecule has 0 atom stereocenters. The van der Waals surface area contributed by atoms with E-state index in [1.807, 2.05) is 20.8 Å². The fraction of sp³-hybridized carbons (Fsp3) is 0.833. The van der Waals surface area contributed by atoms with E-state index in [-0.39, 0.29) is 43.2 Å². The molecule has 2 amide bonds. The number of carbonyl (C=O) groups is 3. The minimum Gasteiger partial charge on any atom is -0.466 e. The van der Waals surface area contributed by atoms with Crippen molar-refractivity contribution >= 4 is 18.0 Å². The van der Waals surface area contributed by atoms with E-state index in [2.05, 4.69) is 17.6 Å². The normalized spacial score (nSPS) is 10.9. The molecule has 0 aliphatic heterocycles. The highest BCUT2D eigenvalue weighted by Crippen LogP contribution is 2.12. The Bertz CT molecular complexity index is 405. The van der Waals surface area contributed by atoms with Gasteiger partial charge in [-0.3, -0.25) is 9.59 Å². The van der Waals surface area contributed by atoms with Crippen molar-refractivity contribution < 1.29 is 23.9 Å². The molecule has 0 spiro atoms. The molecule has 0 radical (unpaired) electrons. The SMILES string of the molecule is CCCCCCOC(=O)CCNC(=O)CCNC(=O)OCC(C)(C)C. The van der Waals surface area contributed by atoms with Crippen LogP contribution >= 0.6 is 0 Å². The second kappa shape index (κ2) is 13.5. The number of alkyl carbamates (subject to hydrolysis) is 1. The molecule has 0 fully saturated rings. The average molecular weight is 358 g/mol. The Morgan fingerprint density at radius 1 is 0.880 bits per heavy atom. The molecule has 0 aromatic rings. The summed E-state index contributed by atoms with van der Waals surface area (Å²) in [6, 6.07) is 0. The second-order valence-electron chi connectivity index (χ2n) is 7.19. The maximum Gasteiger partial charge on any atom is 0.407 e. The van der Waals surface area contributed by atoms with E-state index in [0.717, 1.165) is 25.7 Å². The summed E-state index contributed by atoms with van der Waals surface area (Å²) < 4.78 is 10.1. The van der Waals surface area contributed by atoms with Gasteiger partial charge in [0.2, 0.25) is 5.91 Å². The van der Waals surface area contributed by atoms with Crippen LogP contribution in [-0.2, 0) is 19.1 Å². The van der Waals surface area contributed by atoms with Crippen LogP contribution in [0, 0.1) is 5.41 Å². The fourth-order valence-corrected chi connectivity index (χ4v) is 1.79. The fourth-order valence-electron chi connectivity index (χ4n) is 1.79. The van der Waals surface area contributed by atoms with Crippen LogP contribution in [-0.4, -0.2) is 44.3 Å². The van der Waals surface area contributed by atoms with E-state index in [9.17, 15) is 14.4 Å². The number of esters is 1. The molecule has 0 bridgehead atoms. The zero-order valence-corrected chi connectivity index (χ0v) is 16.1. The van der Waals surface area contributed by atoms with Crippen molar-refractivity contribution in [2.24, 2.45) is 5.41 Å². The van der Waals surface area contributed by atoms with Gasteiger partial charge in [-0.15, -0.1) is 0 Å². The number of amides is 2. The van der Waals surface area contributed by atoms with E-state index in [0.29, 0.717) is 13.2 Å². The number of ether oxygens (including phenoxy) is 2. The molecule has 0 aliphatic carbocycles. The van der Waals surface area contributed by atoms with Crippen LogP contribution in [0.3, 0.4) is 0 Å². The van der Waals surface area contributed by atoms with Gasteiger partial charge in [0.1, 0.15) is 0 Å². The average Bonchev–Trinajstić information content (AvgIpc) is 2.52. The second-order valence-corrected chi connectivity index (χ2v) is 7.19. The Morgan fingerprint density at radius 2 is 1.56 bits per heavy atom. The summed E-state index contributed by atoms with van der Waals surface area (Å²) in [6.07, 6.45) is 3.98. The topological polar surface area (TPSA) is 93.7 Å². The molecule has 0 heterocycles. The summed E-state index contributed by atoms with van der Waals surface area (Å²) in [5.74, 6) is -0.535. The Hall–Kier alpha value is -1.79. The third kappa shape index (κ3) is 16.8. The standard InChI is InChI=1S/C18H34N2O5/c1-5-6-7-8-13-24-16(22)10-12-19-15(21)9-11-20-17(23)25-14-18(2,3)4/h5-14H2,1-4H3,(H,19,21)(H,20,23).